The van der Waals surface area contributed by atoms with Gasteiger partial charge in [0.05, 0.1) is 12.2 Å². The van der Waals surface area contributed by atoms with Gasteiger partial charge < -0.3 is 34.1 Å². The van der Waals surface area contributed by atoms with Crippen molar-refractivity contribution in [2.24, 2.45) is 29.6 Å². The molecule has 226 valence electrons. The van der Waals surface area contributed by atoms with E-state index >= 15 is 0 Å². The number of carbonyl (C=O) groups is 2. The normalized spacial score (nSPS) is 41.3. The highest BCUT2D eigenvalue weighted by Crippen LogP contribution is 2.61. The minimum atomic E-state index is -0.955. The molecule has 0 amide bonds. The molecule has 0 aromatic carbocycles. The van der Waals surface area contributed by atoms with Crippen LogP contribution in [0.3, 0.4) is 0 Å². The number of aliphatic hydroxyl groups excluding tert-OH is 2. The zero-order valence-corrected chi connectivity index (χ0v) is 25.2. The number of thiophene rings is 1. The summed E-state index contributed by atoms with van der Waals surface area (Å²) in [5.41, 5.74) is 2.19. The predicted molar refractivity (Wildman–Crippen MR) is 156 cm³/mol. The van der Waals surface area contributed by atoms with Crippen LogP contribution >= 0.6 is 11.3 Å². The molecule has 4 bridgehead atoms. The van der Waals surface area contributed by atoms with Crippen molar-refractivity contribution in [2.45, 2.75) is 76.3 Å². The van der Waals surface area contributed by atoms with Gasteiger partial charge in [0, 0.05) is 48.5 Å². The fraction of sp³-hybridized carbons (Fsp3) is 0.562. The van der Waals surface area contributed by atoms with Crippen molar-refractivity contribution in [1.29, 1.82) is 0 Å². The molecule has 2 aliphatic carbocycles. The molecular formula is C32H39NO8S. The first-order chi connectivity index (χ1) is 20.1. The van der Waals surface area contributed by atoms with Crippen molar-refractivity contribution in [3.8, 4) is 11.1 Å². The van der Waals surface area contributed by atoms with E-state index in [0.29, 0.717) is 5.69 Å². The van der Waals surface area contributed by atoms with E-state index < -0.39 is 60.1 Å². The first-order valence-corrected chi connectivity index (χ1v) is 15.6. The Balaban J connectivity index is 1.35. The molecular weight excluding hydrogens is 558 g/mol. The minimum absolute atomic E-state index is 0.197. The monoisotopic (exact) mass is 597 g/mol. The number of carbonyl (C=O) groups excluding carboxylic acids is 2. The molecule has 2 aromatic rings. The summed E-state index contributed by atoms with van der Waals surface area (Å²) in [6, 6.07) is 3.77. The van der Waals surface area contributed by atoms with Gasteiger partial charge in [0.1, 0.15) is 29.6 Å². The summed E-state index contributed by atoms with van der Waals surface area (Å²) >= 11 is 1.58. The van der Waals surface area contributed by atoms with E-state index in [2.05, 4.69) is 11.1 Å². The highest BCUT2D eigenvalue weighted by molar-refractivity contribution is 7.08. The number of aromatic nitrogens is 1. The van der Waals surface area contributed by atoms with E-state index in [0.717, 1.165) is 16.7 Å². The Morgan fingerprint density at radius 1 is 1.26 bits per heavy atom. The molecule has 0 radical (unpaired) electrons. The first-order valence-electron chi connectivity index (χ1n) is 14.6. The van der Waals surface area contributed by atoms with Crippen molar-refractivity contribution in [1.82, 2.24) is 4.98 Å². The number of cyclic esters (lactones) is 1. The molecule has 2 aliphatic heterocycles. The number of esters is 2. The smallest absolute Gasteiger partial charge is 0.355 e. The van der Waals surface area contributed by atoms with E-state index in [1.807, 2.05) is 49.7 Å². The van der Waals surface area contributed by atoms with Crippen molar-refractivity contribution in [2.75, 3.05) is 7.11 Å². The molecule has 3 unspecified atom stereocenters. The van der Waals surface area contributed by atoms with Crippen LogP contribution in [-0.2, 0) is 23.7 Å². The van der Waals surface area contributed by atoms with E-state index in [1.165, 1.54) is 7.11 Å². The molecule has 12 atom stereocenters. The van der Waals surface area contributed by atoms with E-state index in [-0.39, 0.29) is 30.1 Å². The van der Waals surface area contributed by atoms with Gasteiger partial charge >= 0.3 is 11.9 Å². The predicted octanol–water partition coefficient (Wildman–Crippen LogP) is 4.13. The second kappa shape index (κ2) is 11.1. The molecule has 2 fully saturated rings. The number of aromatic amines is 1. The fourth-order valence-electron chi connectivity index (χ4n) is 7.79. The lowest BCUT2D eigenvalue weighted by molar-refractivity contribution is -0.172. The van der Waals surface area contributed by atoms with Crippen LogP contribution in [0.15, 0.2) is 52.9 Å². The molecule has 2 aromatic heterocycles. The van der Waals surface area contributed by atoms with Gasteiger partial charge in [-0.3, -0.25) is 0 Å². The second-order valence-electron chi connectivity index (χ2n) is 12.3. The number of ether oxygens (including phenoxy) is 4. The molecule has 1 saturated carbocycles. The summed E-state index contributed by atoms with van der Waals surface area (Å²) in [6.07, 6.45) is 3.56. The third kappa shape index (κ3) is 4.59. The zero-order valence-electron chi connectivity index (χ0n) is 24.4. The zero-order chi connectivity index (χ0) is 29.9. The second-order valence-corrected chi connectivity index (χ2v) is 13.1. The maximum absolute atomic E-state index is 13.4. The Bertz CT molecular complexity index is 1380. The number of hydrogen-bond acceptors (Lipinski definition) is 9. The van der Waals surface area contributed by atoms with Crippen LogP contribution in [0.25, 0.3) is 11.1 Å². The van der Waals surface area contributed by atoms with E-state index in [1.54, 1.807) is 30.5 Å². The van der Waals surface area contributed by atoms with Crippen LogP contribution in [0.1, 0.15) is 44.6 Å². The molecule has 1 saturated heterocycles. The number of nitrogens with one attached hydrogen (secondary N) is 1. The topological polar surface area (TPSA) is 127 Å². The van der Waals surface area contributed by atoms with Gasteiger partial charge in [-0.2, -0.15) is 11.3 Å². The van der Waals surface area contributed by atoms with Gasteiger partial charge in [-0.1, -0.05) is 32.1 Å². The van der Waals surface area contributed by atoms with Gasteiger partial charge in [-0.05, 0) is 54.3 Å². The minimum Gasteiger partial charge on any atom is -0.457 e. The van der Waals surface area contributed by atoms with Crippen LogP contribution in [0.4, 0.5) is 0 Å². The Labute approximate surface area is 249 Å². The largest absolute Gasteiger partial charge is 0.457 e. The summed E-state index contributed by atoms with van der Waals surface area (Å²) in [5.74, 6) is -2.59. The Morgan fingerprint density at radius 2 is 2.05 bits per heavy atom. The molecule has 6 rings (SSSR count). The average molecular weight is 598 g/mol. The summed E-state index contributed by atoms with van der Waals surface area (Å²) in [6.45, 7) is 7.37. The van der Waals surface area contributed by atoms with Crippen molar-refractivity contribution >= 4 is 23.3 Å². The molecule has 4 heterocycles. The van der Waals surface area contributed by atoms with Gasteiger partial charge in [0.25, 0.3) is 0 Å². The first kappa shape index (κ1) is 29.3. The standard InChI is InChI=1S/C32H39NO8S/c1-15-10-16(2)32-21(12-24(38-5)31(37)39-27(15)18(4)34)6-7-22-25(32)26(35)17(3)28(29(22)41-32)40-30(36)23-11-20(13-33-23)19-8-9-42-14-19/h6-11,13-15,17-18,21-22,24-29,33-35H,12H2,1-5H3/b16-10+/t15-,17-,18?,21?,22-,24+,25+,26-,27?,28-,29-,32+/m1/s1. The Kier molecular flexibility index (Phi) is 7.72. The highest BCUT2D eigenvalue weighted by atomic mass is 32.1. The lowest BCUT2D eigenvalue weighted by atomic mass is 9.57. The van der Waals surface area contributed by atoms with Crippen molar-refractivity contribution < 1.29 is 38.7 Å². The Hall–Kier alpha value is -2.76. The SMILES string of the molecule is CO[C@H]1CC2C=C[C@H]3[C@H]4O[C@]2(/C(C)=C/[C@@H](C)C(C(C)O)OC1=O)[C@@H]3[C@H](O)[C@@H](C)[C@H]4OC(=O)c1cc(-c2ccsc2)c[nH]1. The van der Waals surface area contributed by atoms with Gasteiger partial charge in [-0.25, -0.2) is 9.59 Å². The lowest BCUT2D eigenvalue weighted by Crippen LogP contribution is -2.57. The van der Waals surface area contributed by atoms with Crippen LogP contribution in [0.5, 0.6) is 0 Å². The van der Waals surface area contributed by atoms with E-state index in [4.69, 9.17) is 18.9 Å². The summed E-state index contributed by atoms with van der Waals surface area (Å²) in [5, 5.41) is 26.3. The third-order valence-electron chi connectivity index (χ3n) is 9.88. The van der Waals surface area contributed by atoms with Crippen molar-refractivity contribution in [3.63, 3.8) is 0 Å². The highest BCUT2D eigenvalue weighted by Gasteiger charge is 2.69. The number of rotatable bonds is 5. The number of aliphatic hydroxyl groups is 2. The number of hydrogen-bond donors (Lipinski definition) is 3. The van der Waals surface area contributed by atoms with Crippen molar-refractivity contribution in [3.05, 3.63) is 58.6 Å². The summed E-state index contributed by atoms with van der Waals surface area (Å²) < 4.78 is 24.5. The number of methoxy groups -OCH3 is 1. The molecule has 10 heteroatoms. The fourth-order valence-corrected chi connectivity index (χ4v) is 8.46. The lowest BCUT2D eigenvalue weighted by Gasteiger charge is -2.48. The van der Waals surface area contributed by atoms with Crippen LogP contribution in [-0.4, -0.2) is 76.5 Å². The molecule has 1 spiro atoms. The quantitative estimate of drug-likeness (QED) is 0.347. The van der Waals surface area contributed by atoms with E-state index in [9.17, 15) is 19.8 Å². The van der Waals surface area contributed by atoms with Crippen LogP contribution < -0.4 is 0 Å². The molecule has 42 heavy (non-hydrogen) atoms. The Morgan fingerprint density at radius 3 is 2.74 bits per heavy atom. The third-order valence-corrected chi connectivity index (χ3v) is 10.6. The van der Waals surface area contributed by atoms with Gasteiger partial charge in [0.2, 0.25) is 0 Å². The maximum atomic E-state index is 13.4. The number of H-pyrrole nitrogens is 1. The van der Waals surface area contributed by atoms with Gasteiger partial charge in [-0.15, -0.1) is 0 Å². The maximum Gasteiger partial charge on any atom is 0.355 e. The summed E-state index contributed by atoms with van der Waals surface area (Å²) in [7, 11) is 1.47. The van der Waals surface area contributed by atoms with Crippen LogP contribution in [0.2, 0.25) is 0 Å². The van der Waals surface area contributed by atoms with Crippen LogP contribution in [0, 0.1) is 29.6 Å². The average Bonchev–Trinajstić information content (AvgIpc) is 3.70. The molecule has 3 N–H and O–H groups in total. The molecule has 4 aliphatic rings. The molecule has 9 nitrogen and oxygen atoms in total. The summed E-state index contributed by atoms with van der Waals surface area (Å²) in [4.78, 5) is 29.6. The van der Waals surface area contributed by atoms with Gasteiger partial charge in [0.15, 0.2) is 6.10 Å².